The van der Waals surface area contributed by atoms with E-state index in [1.54, 1.807) is 24.9 Å². The van der Waals surface area contributed by atoms with Crippen LogP contribution in [0.5, 0.6) is 5.75 Å². The first-order valence-corrected chi connectivity index (χ1v) is 8.29. The van der Waals surface area contributed by atoms with Gasteiger partial charge in [-0.2, -0.15) is 0 Å². The first-order chi connectivity index (χ1) is 10.6. The minimum Gasteiger partial charge on any atom is -0.496 e. The molecule has 1 aliphatic rings. The molecule has 0 aliphatic carbocycles. The zero-order valence-corrected chi connectivity index (χ0v) is 13.6. The van der Waals surface area contributed by atoms with Gasteiger partial charge in [-0.25, -0.2) is 0 Å². The summed E-state index contributed by atoms with van der Waals surface area (Å²) < 4.78 is 5.32. The normalized spacial score (nSPS) is 17.1. The van der Waals surface area contributed by atoms with Gasteiger partial charge in [0.25, 0.3) is 0 Å². The van der Waals surface area contributed by atoms with Crippen molar-refractivity contribution in [3.8, 4) is 5.75 Å². The number of rotatable bonds is 6. The smallest absolute Gasteiger partial charge is 0.238 e. The second-order valence-electron chi connectivity index (χ2n) is 5.02. The van der Waals surface area contributed by atoms with Crippen LogP contribution in [0.15, 0.2) is 18.2 Å². The molecule has 1 atom stereocenters. The van der Waals surface area contributed by atoms with Crippen LogP contribution in [0.1, 0.15) is 12.5 Å². The Bertz CT molecular complexity index is 545. The van der Waals surface area contributed by atoms with E-state index in [0.717, 1.165) is 28.6 Å². The summed E-state index contributed by atoms with van der Waals surface area (Å²) in [6.45, 7) is 2.00. The Morgan fingerprint density at radius 1 is 1.45 bits per heavy atom. The summed E-state index contributed by atoms with van der Waals surface area (Å²) in [4.78, 5) is 23.0. The van der Waals surface area contributed by atoms with Crippen LogP contribution in [0.4, 0.5) is 5.69 Å². The van der Waals surface area contributed by atoms with Crippen molar-refractivity contribution < 1.29 is 14.3 Å². The number of amides is 2. The lowest BCUT2D eigenvalue weighted by Gasteiger charge is -2.13. The topological polar surface area (TPSA) is 79.5 Å². The summed E-state index contributed by atoms with van der Waals surface area (Å²) >= 11 is 1.72. The number of hydrogen-bond acceptors (Lipinski definition) is 5. The maximum absolute atomic E-state index is 11.9. The van der Waals surface area contributed by atoms with Gasteiger partial charge < -0.3 is 15.4 Å². The van der Waals surface area contributed by atoms with Gasteiger partial charge in [-0.05, 0) is 30.2 Å². The van der Waals surface area contributed by atoms with Gasteiger partial charge in [-0.1, -0.05) is 0 Å². The largest absolute Gasteiger partial charge is 0.496 e. The zero-order chi connectivity index (χ0) is 15.9. The molecule has 7 heteroatoms. The van der Waals surface area contributed by atoms with Gasteiger partial charge in [-0.15, -0.1) is 11.8 Å². The molecule has 3 N–H and O–H groups in total. The number of carbonyl (C=O) groups is 2. The molecule has 1 aromatic rings. The summed E-state index contributed by atoms with van der Waals surface area (Å²) in [5, 5.41) is 8.81. The molecule has 1 aliphatic heterocycles. The Morgan fingerprint density at radius 3 is 2.91 bits per heavy atom. The van der Waals surface area contributed by atoms with Gasteiger partial charge in [0.05, 0.1) is 13.2 Å². The Kier molecular flexibility index (Phi) is 6.09. The van der Waals surface area contributed by atoms with E-state index in [1.165, 1.54) is 6.92 Å². The van der Waals surface area contributed by atoms with Gasteiger partial charge in [0.15, 0.2) is 0 Å². The van der Waals surface area contributed by atoms with Crippen molar-refractivity contribution in [1.29, 1.82) is 0 Å². The number of ether oxygens (including phenoxy) is 1. The predicted octanol–water partition coefficient (Wildman–Crippen LogP) is 0.975. The molecule has 1 fully saturated rings. The van der Waals surface area contributed by atoms with E-state index >= 15 is 0 Å². The first-order valence-electron chi connectivity index (χ1n) is 7.13. The van der Waals surface area contributed by atoms with Crippen molar-refractivity contribution in [2.24, 2.45) is 0 Å². The van der Waals surface area contributed by atoms with Crippen LogP contribution in [0, 0.1) is 0 Å². The second kappa shape index (κ2) is 8.05. The van der Waals surface area contributed by atoms with Crippen molar-refractivity contribution in [2.75, 3.05) is 30.6 Å². The van der Waals surface area contributed by atoms with E-state index in [0.29, 0.717) is 13.0 Å². The number of carbonyl (C=O) groups excluding carboxylic acids is 2. The number of nitrogens with one attached hydrogen (secondary N) is 3. The average molecular weight is 323 g/mol. The third-order valence-corrected chi connectivity index (χ3v) is 4.27. The van der Waals surface area contributed by atoms with Crippen molar-refractivity contribution in [2.45, 2.75) is 19.4 Å². The number of anilines is 1. The quantitative estimate of drug-likeness (QED) is 0.727. The molecule has 2 rings (SSSR count). The fraction of sp³-hybridized carbons (Fsp3) is 0.467. The Balaban J connectivity index is 1.92. The van der Waals surface area contributed by atoms with Gasteiger partial charge in [0.1, 0.15) is 5.75 Å². The summed E-state index contributed by atoms with van der Waals surface area (Å²) in [7, 11) is 1.61. The maximum Gasteiger partial charge on any atom is 0.238 e. The molecule has 2 amide bonds. The molecule has 0 spiro atoms. The molecule has 0 bridgehead atoms. The fourth-order valence-electron chi connectivity index (χ4n) is 2.26. The highest BCUT2D eigenvalue weighted by atomic mass is 32.2. The molecule has 1 unspecified atom stereocenters. The van der Waals surface area contributed by atoms with Crippen LogP contribution in [-0.4, -0.2) is 43.1 Å². The number of benzene rings is 1. The van der Waals surface area contributed by atoms with Gasteiger partial charge >= 0.3 is 0 Å². The van der Waals surface area contributed by atoms with Crippen LogP contribution in [0.2, 0.25) is 0 Å². The van der Waals surface area contributed by atoms with Crippen LogP contribution >= 0.6 is 11.8 Å². The highest BCUT2D eigenvalue weighted by molar-refractivity contribution is 7.99. The zero-order valence-electron chi connectivity index (χ0n) is 12.8. The van der Waals surface area contributed by atoms with Crippen molar-refractivity contribution in [3.05, 3.63) is 23.8 Å². The monoisotopic (exact) mass is 323 g/mol. The molecule has 120 valence electrons. The molecule has 1 aromatic carbocycles. The van der Waals surface area contributed by atoms with E-state index in [-0.39, 0.29) is 17.9 Å². The van der Waals surface area contributed by atoms with Gasteiger partial charge in [0, 0.05) is 30.8 Å². The number of thioether (sulfide) groups is 1. The molecule has 0 aromatic heterocycles. The Hall–Kier alpha value is -1.73. The van der Waals surface area contributed by atoms with E-state index < -0.39 is 0 Å². The van der Waals surface area contributed by atoms with Crippen molar-refractivity contribution >= 4 is 29.3 Å². The van der Waals surface area contributed by atoms with Crippen LogP contribution in [-0.2, 0) is 16.0 Å². The lowest BCUT2D eigenvalue weighted by Crippen LogP contribution is -2.42. The molecular weight excluding hydrogens is 302 g/mol. The molecule has 1 saturated heterocycles. The Morgan fingerprint density at radius 2 is 2.27 bits per heavy atom. The molecule has 0 radical (unpaired) electrons. The van der Waals surface area contributed by atoms with Gasteiger partial charge in [0.2, 0.25) is 11.8 Å². The third kappa shape index (κ3) is 4.64. The lowest BCUT2D eigenvalue weighted by atomic mass is 10.1. The van der Waals surface area contributed by atoms with E-state index in [4.69, 9.17) is 4.74 Å². The third-order valence-electron chi connectivity index (χ3n) is 3.33. The van der Waals surface area contributed by atoms with Crippen LogP contribution < -0.4 is 20.7 Å². The second-order valence-corrected chi connectivity index (χ2v) is 6.05. The highest BCUT2D eigenvalue weighted by Gasteiger charge is 2.21. The fourth-order valence-corrected chi connectivity index (χ4v) is 3.20. The summed E-state index contributed by atoms with van der Waals surface area (Å²) in [6, 6.07) is 5.38. The summed E-state index contributed by atoms with van der Waals surface area (Å²) in [6.07, 6.45) is 0.641. The highest BCUT2D eigenvalue weighted by Crippen LogP contribution is 2.23. The number of methoxy groups -OCH3 is 1. The minimum absolute atomic E-state index is 0.0296. The molecule has 22 heavy (non-hydrogen) atoms. The first kappa shape index (κ1) is 16.6. The summed E-state index contributed by atoms with van der Waals surface area (Å²) in [5.41, 5.74) is 1.67. The minimum atomic E-state index is -0.116. The Labute approximate surface area is 134 Å². The summed E-state index contributed by atoms with van der Waals surface area (Å²) in [5.74, 6) is 2.30. The van der Waals surface area contributed by atoms with E-state index in [2.05, 4.69) is 16.0 Å². The van der Waals surface area contributed by atoms with E-state index in [9.17, 15) is 9.59 Å². The standard InChI is InChI=1S/C15H21N3O3S/c1-10(19)18-12-3-4-14(21-2)11(7-12)5-6-16-15(20)13-8-22-9-17-13/h3-4,7,13,17H,5-6,8-9H2,1-2H3,(H,16,20)(H,18,19). The number of hydrogen-bond donors (Lipinski definition) is 3. The maximum atomic E-state index is 11.9. The van der Waals surface area contributed by atoms with Crippen molar-refractivity contribution in [1.82, 2.24) is 10.6 Å². The SMILES string of the molecule is COc1ccc(NC(C)=O)cc1CCNC(=O)C1CSCN1. The molecular formula is C15H21N3O3S. The van der Waals surface area contributed by atoms with Gasteiger partial charge in [-0.3, -0.25) is 14.9 Å². The van der Waals surface area contributed by atoms with E-state index in [1.807, 2.05) is 12.1 Å². The van der Waals surface area contributed by atoms with Crippen LogP contribution in [0.3, 0.4) is 0 Å². The average Bonchev–Trinajstić information content (AvgIpc) is 3.01. The molecule has 0 saturated carbocycles. The van der Waals surface area contributed by atoms with Crippen molar-refractivity contribution in [3.63, 3.8) is 0 Å². The molecule has 6 nitrogen and oxygen atoms in total. The lowest BCUT2D eigenvalue weighted by molar-refractivity contribution is -0.122. The predicted molar refractivity (Wildman–Crippen MR) is 88.3 cm³/mol. The van der Waals surface area contributed by atoms with Crippen LogP contribution in [0.25, 0.3) is 0 Å². The molecule has 1 heterocycles.